The number of benzene rings is 2. The van der Waals surface area contributed by atoms with Gasteiger partial charge in [0.2, 0.25) is 11.8 Å². The van der Waals surface area contributed by atoms with E-state index in [1.807, 2.05) is 60.7 Å². The highest BCUT2D eigenvalue weighted by atomic mass is 32.2. The van der Waals surface area contributed by atoms with Crippen LogP contribution in [-0.4, -0.2) is 60.0 Å². The Morgan fingerprint density at radius 2 is 1.06 bits per heavy atom. The summed E-state index contributed by atoms with van der Waals surface area (Å²) in [6.07, 6.45) is 0. The molecule has 2 unspecified atom stereocenters. The lowest BCUT2D eigenvalue weighted by atomic mass is 10.1. The summed E-state index contributed by atoms with van der Waals surface area (Å²) in [7, 11) is 6.99. The van der Waals surface area contributed by atoms with Crippen LogP contribution in [0.2, 0.25) is 0 Å². The molecule has 2 aromatic carbocycles. The molecular weight excluding hydrogens is 448 g/mol. The average Bonchev–Trinajstić information content (AvgIpc) is 3.23. The van der Waals surface area contributed by atoms with Crippen molar-refractivity contribution in [1.82, 2.24) is 20.0 Å². The lowest BCUT2D eigenvalue weighted by Gasteiger charge is -2.19. The van der Waals surface area contributed by atoms with E-state index in [1.165, 1.54) is 34.9 Å². The summed E-state index contributed by atoms with van der Waals surface area (Å²) in [5, 5.41) is 7.76. The fourth-order valence-corrected chi connectivity index (χ4v) is 6.44. The van der Waals surface area contributed by atoms with Gasteiger partial charge in [-0.3, -0.25) is 9.59 Å². The van der Waals surface area contributed by atoms with Crippen LogP contribution in [0.3, 0.4) is 0 Å². The molecule has 3 aromatic rings. The van der Waals surface area contributed by atoms with Crippen LogP contribution in [-0.2, 0) is 9.59 Å². The molecule has 0 aliphatic heterocycles. The number of hydrogen-bond donors (Lipinski definition) is 0. The largest absolute Gasteiger partial charge is 0.348 e. The molecule has 1 aromatic heterocycles. The lowest BCUT2D eigenvalue weighted by Crippen LogP contribution is -2.26. The van der Waals surface area contributed by atoms with Gasteiger partial charge in [0, 0.05) is 28.2 Å². The van der Waals surface area contributed by atoms with Gasteiger partial charge in [0.25, 0.3) is 0 Å². The molecule has 1 heterocycles. The summed E-state index contributed by atoms with van der Waals surface area (Å²) in [5.74, 6) is -0.0175. The zero-order valence-corrected chi connectivity index (χ0v) is 20.2. The Hall–Kier alpha value is -2.36. The highest BCUT2D eigenvalue weighted by Crippen LogP contribution is 2.43. The van der Waals surface area contributed by atoms with E-state index in [0.717, 1.165) is 11.1 Å². The Morgan fingerprint density at radius 1 is 0.710 bits per heavy atom. The van der Waals surface area contributed by atoms with Gasteiger partial charge in [-0.05, 0) is 11.1 Å². The van der Waals surface area contributed by atoms with Gasteiger partial charge in [0.1, 0.15) is 10.5 Å². The van der Waals surface area contributed by atoms with Crippen LogP contribution < -0.4 is 0 Å². The molecule has 31 heavy (non-hydrogen) atoms. The van der Waals surface area contributed by atoms with Gasteiger partial charge < -0.3 is 9.80 Å². The van der Waals surface area contributed by atoms with Crippen molar-refractivity contribution < 1.29 is 9.59 Å². The molecule has 0 aliphatic carbocycles. The van der Waals surface area contributed by atoms with Crippen molar-refractivity contribution >= 4 is 46.7 Å². The summed E-state index contributed by atoms with van der Waals surface area (Å²) in [5.41, 5.74) is 1.83. The van der Waals surface area contributed by atoms with Gasteiger partial charge in [0.15, 0.2) is 8.68 Å². The van der Waals surface area contributed by atoms with Gasteiger partial charge in [-0.25, -0.2) is 0 Å². The molecule has 0 N–H and O–H groups in total. The number of amides is 2. The molecule has 0 aliphatic rings. The van der Waals surface area contributed by atoms with Gasteiger partial charge >= 0.3 is 0 Å². The van der Waals surface area contributed by atoms with Gasteiger partial charge in [-0.2, -0.15) is 0 Å². The summed E-state index contributed by atoms with van der Waals surface area (Å²) in [6.45, 7) is 0. The molecule has 0 saturated carbocycles. The van der Waals surface area contributed by atoms with Crippen LogP contribution in [0, 0.1) is 0 Å². The van der Waals surface area contributed by atoms with Crippen molar-refractivity contribution in [3.63, 3.8) is 0 Å². The summed E-state index contributed by atoms with van der Waals surface area (Å²) < 4.78 is 1.38. The Balaban J connectivity index is 1.82. The molecule has 0 fully saturated rings. The number of thioether (sulfide) groups is 2. The summed E-state index contributed by atoms with van der Waals surface area (Å²) in [4.78, 5) is 28.7. The van der Waals surface area contributed by atoms with Crippen molar-refractivity contribution in [2.45, 2.75) is 19.2 Å². The molecule has 162 valence electrons. The molecule has 0 spiro atoms. The Labute approximate surface area is 195 Å². The number of hydrogen-bond acceptors (Lipinski definition) is 7. The smallest absolute Gasteiger partial charge is 0.240 e. The first-order chi connectivity index (χ1) is 14.9. The van der Waals surface area contributed by atoms with E-state index >= 15 is 0 Å². The highest BCUT2D eigenvalue weighted by Gasteiger charge is 2.28. The number of likely N-dealkylation sites (N-methyl/N-ethyl adjacent to an activating group) is 2. The average molecular weight is 473 g/mol. The number of aromatic nitrogens is 2. The van der Waals surface area contributed by atoms with Gasteiger partial charge in [-0.15, -0.1) is 10.2 Å². The number of nitrogens with zero attached hydrogens (tertiary/aromatic N) is 4. The van der Waals surface area contributed by atoms with E-state index in [2.05, 4.69) is 10.2 Å². The molecule has 0 saturated heterocycles. The first-order valence-electron chi connectivity index (χ1n) is 9.56. The topological polar surface area (TPSA) is 66.4 Å². The SMILES string of the molecule is CN(C)C(=O)C(Sc1nnc(SC(C(=O)N(C)C)c2ccccc2)s1)c1ccccc1. The Kier molecular flexibility index (Phi) is 8.11. The normalized spacial score (nSPS) is 12.8. The third-order valence-corrected chi connectivity index (χ3v) is 7.94. The zero-order valence-electron chi connectivity index (χ0n) is 17.8. The van der Waals surface area contributed by atoms with Crippen molar-refractivity contribution in [2.24, 2.45) is 0 Å². The number of rotatable bonds is 8. The first-order valence-corrected chi connectivity index (χ1v) is 12.1. The number of carbonyl (C=O) groups is 2. The van der Waals surface area contributed by atoms with E-state index in [4.69, 9.17) is 0 Å². The molecular formula is C22H24N4O2S3. The summed E-state index contributed by atoms with van der Waals surface area (Å²) >= 11 is 4.16. The monoisotopic (exact) mass is 472 g/mol. The van der Waals surface area contributed by atoms with E-state index in [0.29, 0.717) is 8.68 Å². The maximum atomic E-state index is 12.8. The van der Waals surface area contributed by atoms with Crippen LogP contribution >= 0.6 is 34.9 Å². The van der Waals surface area contributed by atoms with Gasteiger partial charge in [-0.1, -0.05) is 95.5 Å². The van der Waals surface area contributed by atoms with Crippen LogP contribution in [0.25, 0.3) is 0 Å². The lowest BCUT2D eigenvalue weighted by molar-refractivity contribution is -0.129. The van der Waals surface area contributed by atoms with Crippen LogP contribution in [0.4, 0.5) is 0 Å². The maximum absolute atomic E-state index is 12.8. The second kappa shape index (κ2) is 10.8. The first kappa shape index (κ1) is 23.3. The van der Waals surface area contributed by atoms with E-state index < -0.39 is 10.5 Å². The van der Waals surface area contributed by atoms with E-state index in [9.17, 15) is 9.59 Å². The predicted octanol–water partition coefficient (Wildman–Crippen LogP) is 4.38. The molecule has 6 nitrogen and oxygen atoms in total. The maximum Gasteiger partial charge on any atom is 0.240 e. The minimum atomic E-state index is -0.407. The Morgan fingerprint density at radius 3 is 1.39 bits per heavy atom. The van der Waals surface area contributed by atoms with E-state index in [-0.39, 0.29) is 11.8 Å². The van der Waals surface area contributed by atoms with Crippen molar-refractivity contribution in [2.75, 3.05) is 28.2 Å². The minimum absolute atomic E-state index is 0.00875. The van der Waals surface area contributed by atoms with Crippen LogP contribution in [0.15, 0.2) is 69.3 Å². The molecule has 2 atom stereocenters. The molecule has 0 radical (unpaired) electrons. The van der Waals surface area contributed by atoms with Crippen molar-refractivity contribution in [1.29, 1.82) is 0 Å². The summed E-state index contributed by atoms with van der Waals surface area (Å²) in [6, 6.07) is 19.3. The second-order valence-corrected chi connectivity index (χ2v) is 10.8. The quantitative estimate of drug-likeness (QED) is 0.453. The molecule has 9 heteroatoms. The highest BCUT2D eigenvalue weighted by molar-refractivity contribution is 8.04. The van der Waals surface area contributed by atoms with Crippen molar-refractivity contribution in [3.05, 3.63) is 71.8 Å². The Bertz CT molecular complexity index is 930. The standard InChI is InChI=1S/C22H24N4O2S3/c1-25(2)19(27)17(15-11-7-5-8-12-15)29-21-23-24-22(31-21)30-18(20(28)26(3)4)16-13-9-6-10-14-16/h5-14,17-18H,1-4H3. The van der Waals surface area contributed by atoms with E-state index in [1.54, 1.807) is 38.0 Å². The second-order valence-electron chi connectivity index (χ2n) is 7.12. The minimum Gasteiger partial charge on any atom is -0.348 e. The number of carbonyl (C=O) groups excluding carboxylic acids is 2. The van der Waals surface area contributed by atoms with Crippen LogP contribution in [0.5, 0.6) is 0 Å². The van der Waals surface area contributed by atoms with Crippen molar-refractivity contribution in [3.8, 4) is 0 Å². The fourth-order valence-electron chi connectivity index (χ4n) is 2.74. The van der Waals surface area contributed by atoms with Gasteiger partial charge in [0.05, 0.1) is 0 Å². The molecule has 0 bridgehead atoms. The molecule has 3 rings (SSSR count). The predicted molar refractivity (Wildman–Crippen MR) is 127 cm³/mol. The zero-order chi connectivity index (χ0) is 22.4. The molecule has 2 amide bonds. The third kappa shape index (κ3) is 6.09. The third-order valence-electron chi connectivity index (χ3n) is 4.36. The van der Waals surface area contributed by atoms with Crippen LogP contribution in [0.1, 0.15) is 21.6 Å². The fraction of sp³-hybridized carbons (Fsp3) is 0.273.